The molecule has 1 atom stereocenters. The number of urea groups is 1. The Morgan fingerprint density at radius 3 is 2.59 bits per heavy atom. The highest BCUT2D eigenvalue weighted by atomic mass is 32.2. The average molecular weight is 336 g/mol. The first-order valence-electron chi connectivity index (χ1n) is 6.91. The molecule has 0 spiro atoms. The second-order valence-electron chi connectivity index (χ2n) is 5.17. The standard InChI is InChI=1S/C16H20N2O2S2/c1-16(20,13-7-8-22-10-13)11-18-15(19)17-9-12-3-5-14(21-2)6-4-12/h3-8,10,20H,9,11H2,1-2H3,(H2,17,18,19)/t16-/m1/s1. The summed E-state index contributed by atoms with van der Waals surface area (Å²) in [4.78, 5) is 13.0. The van der Waals surface area contributed by atoms with Gasteiger partial charge in [0.15, 0.2) is 0 Å². The Bertz CT molecular complexity index is 595. The zero-order chi connectivity index (χ0) is 16.0. The average Bonchev–Trinajstić information content (AvgIpc) is 3.07. The molecule has 0 saturated carbocycles. The fourth-order valence-corrected chi connectivity index (χ4v) is 3.10. The Morgan fingerprint density at radius 1 is 1.27 bits per heavy atom. The number of hydrogen-bond acceptors (Lipinski definition) is 4. The normalized spacial score (nSPS) is 13.4. The smallest absolute Gasteiger partial charge is 0.315 e. The molecule has 0 bridgehead atoms. The summed E-state index contributed by atoms with van der Waals surface area (Å²) in [5.41, 5.74) is 0.792. The molecule has 2 aromatic rings. The zero-order valence-corrected chi connectivity index (χ0v) is 14.3. The van der Waals surface area contributed by atoms with Crippen LogP contribution in [-0.4, -0.2) is 23.9 Å². The summed E-state index contributed by atoms with van der Waals surface area (Å²) in [6.45, 7) is 2.32. The van der Waals surface area contributed by atoms with E-state index in [1.807, 2.05) is 47.3 Å². The lowest BCUT2D eigenvalue weighted by Crippen LogP contribution is -2.43. The molecule has 1 aromatic heterocycles. The van der Waals surface area contributed by atoms with Gasteiger partial charge in [0.1, 0.15) is 5.60 Å². The predicted molar refractivity (Wildman–Crippen MR) is 92.4 cm³/mol. The Labute approximate surface area is 138 Å². The van der Waals surface area contributed by atoms with E-state index in [-0.39, 0.29) is 12.6 Å². The summed E-state index contributed by atoms with van der Waals surface area (Å²) in [5.74, 6) is 0. The minimum absolute atomic E-state index is 0.168. The third-order valence-corrected chi connectivity index (χ3v) is 4.78. The second kappa shape index (κ2) is 7.67. The van der Waals surface area contributed by atoms with Gasteiger partial charge in [-0.2, -0.15) is 11.3 Å². The molecule has 0 fully saturated rings. The molecule has 22 heavy (non-hydrogen) atoms. The van der Waals surface area contributed by atoms with E-state index in [4.69, 9.17) is 0 Å². The van der Waals surface area contributed by atoms with Crippen molar-refractivity contribution in [2.75, 3.05) is 12.8 Å². The molecular formula is C16H20N2O2S2. The van der Waals surface area contributed by atoms with E-state index in [1.165, 1.54) is 16.2 Å². The van der Waals surface area contributed by atoms with E-state index < -0.39 is 5.60 Å². The number of rotatable bonds is 6. The van der Waals surface area contributed by atoms with Gasteiger partial charge in [-0.1, -0.05) is 12.1 Å². The van der Waals surface area contributed by atoms with Gasteiger partial charge in [-0.15, -0.1) is 11.8 Å². The number of carbonyl (C=O) groups excluding carboxylic acids is 1. The number of thiophene rings is 1. The highest BCUT2D eigenvalue weighted by Gasteiger charge is 2.24. The van der Waals surface area contributed by atoms with Crippen LogP contribution in [0.5, 0.6) is 0 Å². The number of hydrogen-bond donors (Lipinski definition) is 3. The maximum atomic E-state index is 11.8. The summed E-state index contributed by atoms with van der Waals surface area (Å²) in [6, 6.07) is 9.62. The van der Waals surface area contributed by atoms with E-state index in [0.29, 0.717) is 6.54 Å². The molecule has 0 aliphatic rings. The number of nitrogens with one attached hydrogen (secondary N) is 2. The van der Waals surface area contributed by atoms with Crippen LogP contribution in [0.2, 0.25) is 0 Å². The van der Waals surface area contributed by atoms with Crippen LogP contribution in [0.4, 0.5) is 4.79 Å². The van der Waals surface area contributed by atoms with Crippen LogP contribution in [0, 0.1) is 0 Å². The van der Waals surface area contributed by atoms with Crippen molar-refractivity contribution in [3.05, 3.63) is 52.2 Å². The number of thioether (sulfide) groups is 1. The van der Waals surface area contributed by atoms with Crippen molar-refractivity contribution >= 4 is 29.1 Å². The van der Waals surface area contributed by atoms with Crippen LogP contribution in [0.25, 0.3) is 0 Å². The Kier molecular flexibility index (Phi) is 5.88. The molecule has 0 radical (unpaired) electrons. The number of aliphatic hydroxyl groups is 1. The fourth-order valence-electron chi connectivity index (χ4n) is 1.91. The van der Waals surface area contributed by atoms with Crippen LogP contribution < -0.4 is 10.6 Å². The van der Waals surface area contributed by atoms with Gasteiger partial charge in [0.2, 0.25) is 0 Å². The van der Waals surface area contributed by atoms with E-state index >= 15 is 0 Å². The highest BCUT2D eigenvalue weighted by Crippen LogP contribution is 2.21. The molecule has 0 saturated heterocycles. The zero-order valence-electron chi connectivity index (χ0n) is 12.6. The molecule has 3 N–H and O–H groups in total. The quantitative estimate of drug-likeness (QED) is 0.710. The summed E-state index contributed by atoms with van der Waals surface area (Å²) >= 11 is 3.21. The SMILES string of the molecule is CSc1ccc(CNC(=O)NC[C@@](C)(O)c2ccsc2)cc1. The lowest BCUT2D eigenvalue weighted by atomic mass is 9.99. The number of amides is 2. The molecule has 4 nitrogen and oxygen atoms in total. The Morgan fingerprint density at radius 2 is 2.00 bits per heavy atom. The van der Waals surface area contributed by atoms with Crippen molar-refractivity contribution in [1.82, 2.24) is 10.6 Å². The molecule has 2 rings (SSSR count). The van der Waals surface area contributed by atoms with Gasteiger partial charge in [-0.25, -0.2) is 4.79 Å². The van der Waals surface area contributed by atoms with Crippen molar-refractivity contribution in [2.24, 2.45) is 0 Å². The van der Waals surface area contributed by atoms with Gasteiger partial charge in [-0.05, 0) is 53.3 Å². The molecule has 1 heterocycles. The Balaban J connectivity index is 1.78. The van der Waals surface area contributed by atoms with Crippen molar-refractivity contribution in [1.29, 1.82) is 0 Å². The van der Waals surface area contributed by atoms with Crippen LogP contribution in [0.1, 0.15) is 18.1 Å². The van der Waals surface area contributed by atoms with Crippen molar-refractivity contribution in [3.8, 4) is 0 Å². The lowest BCUT2D eigenvalue weighted by Gasteiger charge is -2.22. The predicted octanol–water partition coefficient (Wildman–Crippen LogP) is 3.18. The van der Waals surface area contributed by atoms with E-state index in [1.54, 1.807) is 18.7 Å². The maximum Gasteiger partial charge on any atom is 0.315 e. The first kappa shape index (κ1) is 16.9. The third kappa shape index (κ3) is 4.76. The first-order chi connectivity index (χ1) is 10.5. The Hall–Kier alpha value is -1.50. The third-order valence-electron chi connectivity index (χ3n) is 3.35. The fraction of sp³-hybridized carbons (Fsp3) is 0.312. The summed E-state index contributed by atoms with van der Waals surface area (Å²) in [7, 11) is 0. The van der Waals surface area contributed by atoms with Crippen LogP contribution in [0.3, 0.4) is 0 Å². The van der Waals surface area contributed by atoms with Crippen LogP contribution >= 0.6 is 23.1 Å². The van der Waals surface area contributed by atoms with Gasteiger partial charge in [0.25, 0.3) is 0 Å². The van der Waals surface area contributed by atoms with Crippen LogP contribution in [0.15, 0.2) is 46.0 Å². The summed E-state index contributed by atoms with van der Waals surface area (Å²) in [5, 5.41) is 19.6. The van der Waals surface area contributed by atoms with E-state index in [2.05, 4.69) is 10.6 Å². The maximum absolute atomic E-state index is 11.8. The van der Waals surface area contributed by atoms with Gasteiger partial charge in [-0.3, -0.25) is 0 Å². The van der Waals surface area contributed by atoms with Gasteiger partial charge < -0.3 is 15.7 Å². The monoisotopic (exact) mass is 336 g/mol. The molecule has 1 aromatic carbocycles. The van der Waals surface area contributed by atoms with Gasteiger partial charge >= 0.3 is 6.03 Å². The van der Waals surface area contributed by atoms with Gasteiger partial charge in [0.05, 0.1) is 6.54 Å². The molecule has 0 aliphatic heterocycles. The second-order valence-corrected chi connectivity index (χ2v) is 6.83. The minimum Gasteiger partial charge on any atom is -0.384 e. The molecular weight excluding hydrogens is 316 g/mol. The lowest BCUT2D eigenvalue weighted by molar-refractivity contribution is 0.0598. The van der Waals surface area contributed by atoms with Crippen molar-refractivity contribution in [3.63, 3.8) is 0 Å². The molecule has 2 amide bonds. The van der Waals surface area contributed by atoms with Crippen molar-refractivity contribution < 1.29 is 9.90 Å². The summed E-state index contributed by atoms with van der Waals surface area (Å²) < 4.78 is 0. The molecule has 118 valence electrons. The van der Waals surface area contributed by atoms with Crippen molar-refractivity contribution in [2.45, 2.75) is 24.0 Å². The molecule has 0 aliphatic carbocycles. The first-order valence-corrected chi connectivity index (χ1v) is 9.08. The number of carbonyl (C=O) groups is 1. The van der Waals surface area contributed by atoms with Gasteiger partial charge in [0, 0.05) is 11.4 Å². The van der Waals surface area contributed by atoms with E-state index in [9.17, 15) is 9.90 Å². The molecule has 0 unspecified atom stereocenters. The topological polar surface area (TPSA) is 61.4 Å². The van der Waals surface area contributed by atoms with E-state index in [0.717, 1.165) is 11.1 Å². The molecule has 6 heteroatoms. The van der Waals surface area contributed by atoms with Crippen LogP contribution in [-0.2, 0) is 12.1 Å². The largest absolute Gasteiger partial charge is 0.384 e. The number of benzene rings is 1. The summed E-state index contributed by atoms with van der Waals surface area (Å²) in [6.07, 6.45) is 2.03. The highest BCUT2D eigenvalue weighted by molar-refractivity contribution is 7.98. The minimum atomic E-state index is -1.06.